The second-order valence-electron chi connectivity index (χ2n) is 5.47. The van der Waals surface area contributed by atoms with Crippen LogP contribution in [0.4, 0.5) is 0 Å². The van der Waals surface area contributed by atoms with Crippen LogP contribution in [0.2, 0.25) is 0 Å². The summed E-state index contributed by atoms with van der Waals surface area (Å²) < 4.78 is 53.5. The van der Waals surface area contributed by atoms with Crippen LogP contribution in [0, 0.1) is 0 Å². The molecule has 2 atom stereocenters. The van der Waals surface area contributed by atoms with Crippen LogP contribution < -0.4 is 0 Å². The Balaban J connectivity index is 2.19. The molecule has 2 saturated heterocycles. The molecule has 20 heavy (non-hydrogen) atoms. The van der Waals surface area contributed by atoms with E-state index in [1.807, 2.05) is 0 Å². The van der Waals surface area contributed by atoms with Gasteiger partial charge in [0.2, 0.25) is 10.0 Å². The van der Waals surface area contributed by atoms with E-state index >= 15 is 0 Å². The zero-order valence-corrected chi connectivity index (χ0v) is 13.1. The first-order chi connectivity index (χ1) is 9.15. The van der Waals surface area contributed by atoms with Crippen molar-refractivity contribution in [3.05, 3.63) is 0 Å². The maximum absolute atomic E-state index is 12.2. The van der Waals surface area contributed by atoms with Crippen LogP contribution in [-0.2, 0) is 29.4 Å². The maximum Gasteiger partial charge on any atom is 0.322 e. The summed E-state index contributed by atoms with van der Waals surface area (Å²) in [6.45, 7) is 0. The van der Waals surface area contributed by atoms with Gasteiger partial charge in [-0.15, -0.1) is 0 Å². The molecule has 0 aromatic rings. The molecule has 2 aliphatic heterocycles. The third-order valence-electron chi connectivity index (χ3n) is 4.08. The molecular formula is C11H19NO6S2. The summed E-state index contributed by atoms with van der Waals surface area (Å²) in [5, 5.41) is -0.482. The molecule has 2 aliphatic rings. The number of esters is 1. The molecule has 2 rings (SSSR count). The van der Waals surface area contributed by atoms with Gasteiger partial charge in [-0.05, 0) is 25.7 Å². The highest BCUT2D eigenvalue weighted by Gasteiger charge is 2.49. The molecule has 0 saturated carbocycles. The van der Waals surface area contributed by atoms with Crippen molar-refractivity contribution in [1.29, 1.82) is 0 Å². The quantitative estimate of drug-likeness (QED) is 0.648. The Morgan fingerprint density at radius 2 is 1.65 bits per heavy atom. The smallest absolute Gasteiger partial charge is 0.322 e. The molecule has 0 aromatic heterocycles. The van der Waals surface area contributed by atoms with Gasteiger partial charge in [-0.3, -0.25) is 4.79 Å². The minimum Gasteiger partial charge on any atom is -0.468 e. The molecule has 2 fully saturated rings. The highest BCUT2D eigenvalue weighted by Crippen LogP contribution is 2.40. The summed E-state index contributed by atoms with van der Waals surface area (Å²) >= 11 is 0. The van der Waals surface area contributed by atoms with E-state index in [0.29, 0.717) is 25.7 Å². The number of fused-ring (bicyclic) bond motifs is 2. The standard InChI is InChI=1S/C11H19NO6S2/c1-18-11(13)7-20(16,17)12-8-3-4-9(12)6-10(5-8)19(2,14)15/h8-10H,3-7H2,1-2H3. The fraction of sp³-hybridized carbons (Fsp3) is 0.909. The average molecular weight is 325 g/mol. The number of carbonyl (C=O) groups is 1. The predicted octanol–water partition coefficient (Wildman–Crippen LogP) is -0.471. The highest BCUT2D eigenvalue weighted by atomic mass is 32.2. The number of hydrogen-bond acceptors (Lipinski definition) is 6. The monoisotopic (exact) mass is 325 g/mol. The first-order valence-corrected chi connectivity index (χ1v) is 9.98. The van der Waals surface area contributed by atoms with Crippen molar-refractivity contribution in [2.45, 2.75) is 43.0 Å². The van der Waals surface area contributed by atoms with Gasteiger partial charge in [0.1, 0.15) is 9.84 Å². The number of hydrogen-bond donors (Lipinski definition) is 0. The second kappa shape index (κ2) is 5.27. The van der Waals surface area contributed by atoms with E-state index in [2.05, 4.69) is 4.74 Å². The molecule has 0 aromatic carbocycles. The first kappa shape index (κ1) is 15.7. The summed E-state index contributed by atoms with van der Waals surface area (Å²) in [7, 11) is -5.76. The lowest BCUT2D eigenvalue weighted by atomic mass is 10.1. The zero-order chi connectivity index (χ0) is 15.1. The third kappa shape index (κ3) is 2.99. The molecule has 0 amide bonds. The number of nitrogens with zero attached hydrogens (tertiary/aromatic N) is 1. The van der Waals surface area contributed by atoms with Crippen LogP contribution in [0.3, 0.4) is 0 Å². The van der Waals surface area contributed by atoms with Gasteiger partial charge in [0.05, 0.1) is 12.4 Å². The van der Waals surface area contributed by atoms with Crippen LogP contribution in [0.5, 0.6) is 0 Å². The fourth-order valence-corrected chi connectivity index (χ4v) is 6.17. The molecule has 0 radical (unpaired) electrons. The molecule has 0 spiro atoms. The number of methoxy groups -OCH3 is 1. The summed E-state index contributed by atoms with van der Waals surface area (Å²) in [6, 6.07) is -0.633. The SMILES string of the molecule is COC(=O)CS(=O)(=O)N1C2CCC1CC(S(C)(=O)=O)C2. The lowest BCUT2D eigenvalue weighted by Gasteiger charge is -2.36. The molecule has 2 bridgehead atoms. The Bertz CT molecular complexity index is 582. The van der Waals surface area contributed by atoms with Crippen molar-refractivity contribution in [3.8, 4) is 0 Å². The molecule has 7 nitrogen and oxygen atoms in total. The first-order valence-electron chi connectivity index (χ1n) is 6.42. The largest absolute Gasteiger partial charge is 0.468 e. The summed E-state index contributed by atoms with van der Waals surface area (Å²) in [4.78, 5) is 11.2. The summed E-state index contributed by atoms with van der Waals surface area (Å²) in [5.74, 6) is -1.48. The van der Waals surface area contributed by atoms with Crippen molar-refractivity contribution in [2.24, 2.45) is 0 Å². The Kier molecular flexibility index (Phi) is 4.14. The topological polar surface area (TPSA) is 97.8 Å². The molecule has 116 valence electrons. The summed E-state index contributed by atoms with van der Waals surface area (Å²) in [5.41, 5.74) is 0. The number of carbonyl (C=O) groups excluding carboxylic acids is 1. The van der Waals surface area contributed by atoms with Crippen molar-refractivity contribution in [2.75, 3.05) is 19.1 Å². The Morgan fingerprint density at radius 1 is 1.15 bits per heavy atom. The number of sulfone groups is 1. The van der Waals surface area contributed by atoms with Crippen molar-refractivity contribution >= 4 is 25.8 Å². The number of rotatable bonds is 4. The number of piperidine rings is 1. The Labute approximate surface area is 119 Å². The molecule has 0 aliphatic carbocycles. The van der Waals surface area contributed by atoms with Gasteiger partial charge >= 0.3 is 5.97 Å². The van der Waals surface area contributed by atoms with Crippen LogP contribution >= 0.6 is 0 Å². The van der Waals surface area contributed by atoms with Crippen molar-refractivity contribution < 1.29 is 26.4 Å². The van der Waals surface area contributed by atoms with Crippen LogP contribution in [0.15, 0.2) is 0 Å². The van der Waals surface area contributed by atoms with E-state index < -0.39 is 36.8 Å². The highest BCUT2D eigenvalue weighted by molar-refractivity contribution is 7.91. The van der Waals surface area contributed by atoms with Gasteiger partial charge < -0.3 is 4.74 Å². The Hall–Kier alpha value is -0.670. The zero-order valence-electron chi connectivity index (χ0n) is 11.5. The minimum atomic E-state index is -3.74. The third-order valence-corrected chi connectivity index (χ3v) is 7.51. The summed E-state index contributed by atoms with van der Waals surface area (Å²) in [6.07, 6.45) is 3.12. The second-order valence-corrected chi connectivity index (χ2v) is 9.67. The number of sulfonamides is 1. The molecule has 2 heterocycles. The fourth-order valence-electron chi connectivity index (χ4n) is 3.17. The lowest BCUT2D eigenvalue weighted by Crippen LogP contribution is -2.50. The van der Waals surface area contributed by atoms with Gasteiger partial charge in [0.15, 0.2) is 5.75 Å². The number of ether oxygens (including phenoxy) is 1. The van der Waals surface area contributed by atoms with Crippen molar-refractivity contribution in [3.63, 3.8) is 0 Å². The van der Waals surface area contributed by atoms with Gasteiger partial charge in [-0.2, -0.15) is 4.31 Å². The molecule has 9 heteroatoms. The van der Waals surface area contributed by atoms with Crippen LogP contribution in [0.1, 0.15) is 25.7 Å². The molecule has 2 unspecified atom stereocenters. The lowest BCUT2D eigenvalue weighted by molar-refractivity contribution is -0.137. The predicted molar refractivity (Wildman–Crippen MR) is 72.3 cm³/mol. The van der Waals surface area contributed by atoms with Crippen molar-refractivity contribution in [1.82, 2.24) is 4.31 Å². The van der Waals surface area contributed by atoms with E-state index in [9.17, 15) is 21.6 Å². The van der Waals surface area contributed by atoms with E-state index in [-0.39, 0.29) is 12.1 Å². The minimum absolute atomic E-state index is 0.315. The van der Waals surface area contributed by atoms with Crippen LogP contribution in [-0.4, -0.2) is 63.6 Å². The maximum atomic E-state index is 12.2. The Morgan fingerprint density at radius 3 is 2.05 bits per heavy atom. The van der Waals surface area contributed by atoms with Gasteiger partial charge in [0, 0.05) is 18.3 Å². The van der Waals surface area contributed by atoms with Gasteiger partial charge in [-0.1, -0.05) is 0 Å². The van der Waals surface area contributed by atoms with Crippen LogP contribution in [0.25, 0.3) is 0 Å². The van der Waals surface area contributed by atoms with E-state index in [4.69, 9.17) is 0 Å². The van der Waals surface area contributed by atoms with Gasteiger partial charge in [-0.25, -0.2) is 16.8 Å². The molecular weight excluding hydrogens is 306 g/mol. The van der Waals surface area contributed by atoms with E-state index in [1.54, 1.807) is 0 Å². The molecule has 0 N–H and O–H groups in total. The average Bonchev–Trinajstić information content (AvgIpc) is 2.60. The van der Waals surface area contributed by atoms with Gasteiger partial charge in [0.25, 0.3) is 0 Å². The normalized spacial score (nSPS) is 31.2. The van der Waals surface area contributed by atoms with E-state index in [0.717, 1.165) is 7.11 Å². The van der Waals surface area contributed by atoms with E-state index in [1.165, 1.54) is 10.6 Å².